The number of anilines is 1. The summed E-state index contributed by atoms with van der Waals surface area (Å²) >= 11 is 6.66. The minimum atomic E-state index is -0.263. The summed E-state index contributed by atoms with van der Waals surface area (Å²) in [6, 6.07) is 8.97. The van der Waals surface area contributed by atoms with Gasteiger partial charge in [0, 0.05) is 55.1 Å². The highest BCUT2D eigenvalue weighted by Crippen LogP contribution is 2.34. The van der Waals surface area contributed by atoms with Gasteiger partial charge >= 0.3 is 0 Å². The lowest BCUT2D eigenvalue weighted by molar-refractivity contribution is -0.117. The molecule has 0 bridgehead atoms. The van der Waals surface area contributed by atoms with Crippen molar-refractivity contribution in [2.24, 2.45) is 0 Å². The summed E-state index contributed by atoms with van der Waals surface area (Å²) in [5.74, 6) is 2.51. The fourth-order valence-corrected chi connectivity index (χ4v) is 4.94. The number of imidazole rings is 1. The van der Waals surface area contributed by atoms with Gasteiger partial charge in [-0.1, -0.05) is 30.7 Å². The number of halogens is 1. The summed E-state index contributed by atoms with van der Waals surface area (Å²) in [5.41, 5.74) is 3.25. The molecule has 192 valence electrons. The third kappa shape index (κ3) is 6.37. The summed E-state index contributed by atoms with van der Waals surface area (Å²) in [5, 5.41) is 6.39. The van der Waals surface area contributed by atoms with Gasteiger partial charge in [0.25, 0.3) is 5.91 Å². The molecule has 1 aliphatic heterocycles. The van der Waals surface area contributed by atoms with Gasteiger partial charge in [-0.3, -0.25) is 24.8 Å². The lowest BCUT2D eigenvalue weighted by Crippen LogP contribution is -2.36. The number of likely N-dealkylation sites (tertiary alicyclic amines) is 1. The van der Waals surface area contributed by atoms with Crippen molar-refractivity contribution in [2.45, 2.75) is 38.6 Å². The third-order valence-corrected chi connectivity index (χ3v) is 6.74. The minimum absolute atomic E-state index is 0.0147. The number of amides is 2. The Morgan fingerprint density at radius 3 is 2.92 bits per heavy atom. The van der Waals surface area contributed by atoms with Crippen molar-refractivity contribution in [3.8, 4) is 12.3 Å². The number of nitrogens with one attached hydrogen (secondary N) is 2. The number of aryl methyl sites for hydroxylation is 1. The number of para-hydroxylation sites is 1. The zero-order chi connectivity index (χ0) is 26.4. The lowest BCUT2D eigenvalue weighted by atomic mass is 10.1. The van der Waals surface area contributed by atoms with E-state index in [1.165, 1.54) is 0 Å². The van der Waals surface area contributed by atoms with Crippen molar-refractivity contribution < 1.29 is 9.59 Å². The molecule has 4 rings (SSSR count). The smallest absolute Gasteiger partial charge is 0.258 e. The average Bonchev–Trinajstić information content (AvgIpc) is 3.08. The van der Waals surface area contributed by atoms with Gasteiger partial charge in [0.15, 0.2) is 0 Å². The van der Waals surface area contributed by atoms with Crippen molar-refractivity contribution in [2.75, 3.05) is 31.5 Å². The Hall–Kier alpha value is -3.67. The van der Waals surface area contributed by atoms with Gasteiger partial charge in [-0.15, -0.1) is 12.3 Å². The standard InChI is InChI=1S/C28H31ClN6O2/c1-4-5-13-31-26(36)19(2)17-34-15-7-6-9-22(18-34)35-25-23(29)10-8-11-24(25)32-28(35)33-27(37)21-12-14-30-20(3)16-21/h1,8,10-12,14,16,22H,2,5-7,9,13,15,17-18H2,3H3,(H,31,36)(H,32,33,37)/t22-/m1/s1. The second-order valence-electron chi connectivity index (χ2n) is 9.25. The summed E-state index contributed by atoms with van der Waals surface area (Å²) in [6.45, 7) is 8.21. The highest BCUT2D eigenvalue weighted by atomic mass is 35.5. The zero-order valence-electron chi connectivity index (χ0n) is 21.0. The highest BCUT2D eigenvalue weighted by molar-refractivity contribution is 6.35. The van der Waals surface area contributed by atoms with Crippen molar-refractivity contribution in [1.29, 1.82) is 0 Å². The quantitative estimate of drug-likeness (QED) is 0.262. The Balaban J connectivity index is 1.60. The molecule has 1 saturated heterocycles. The van der Waals surface area contributed by atoms with E-state index in [4.69, 9.17) is 23.0 Å². The number of rotatable bonds is 8. The van der Waals surface area contributed by atoms with Crippen LogP contribution in [0.2, 0.25) is 5.02 Å². The number of carbonyl (C=O) groups excluding carboxylic acids is 2. The maximum Gasteiger partial charge on any atom is 0.258 e. The summed E-state index contributed by atoms with van der Waals surface area (Å²) in [7, 11) is 0. The van der Waals surface area contributed by atoms with E-state index in [9.17, 15) is 9.59 Å². The van der Waals surface area contributed by atoms with Gasteiger partial charge in [-0.25, -0.2) is 4.98 Å². The van der Waals surface area contributed by atoms with Crippen LogP contribution in [0.25, 0.3) is 11.0 Å². The van der Waals surface area contributed by atoms with Crippen LogP contribution in [0.1, 0.15) is 47.8 Å². The molecule has 0 aliphatic carbocycles. The SMILES string of the molecule is C#CCCNC(=O)C(=C)CN1CCCC[C@@H](n2c(NC(=O)c3ccnc(C)c3)nc3cccc(Cl)c32)C1. The van der Waals surface area contributed by atoms with Crippen molar-refractivity contribution >= 4 is 40.4 Å². The topological polar surface area (TPSA) is 92.2 Å². The number of hydrogen-bond acceptors (Lipinski definition) is 5. The van der Waals surface area contributed by atoms with Gasteiger partial charge in [-0.05, 0) is 50.6 Å². The number of nitrogens with zero attached hydrogens (tertiary/aromatic N) is 4. The predicted octanol–water partition coefficient (Wildman–Crippen LogP) is 4.37. The van der Waals surface area contributed by atoms with Crippen LogP contribution in [0.15, 0.2) is 48.7 Å². The van der Waals surface area contributed by atoms with Gasteiger partial charge < -0.3 is 9.88 Å². The predicted molar refractivity (Wildman–Crippen MR) is 147 cm³/mol. The third-order valence-electron chi connectivity index (χ3n) is 6.43. The first-order chi connectivity index (χ1) is 17.9. The molecular weight excluding hydrogens is 488 g/mol. The molecule has 0 radical (unpaired) electrons. The number of benzene rings is 1. The summed E-state index contributed by atoms with van der Waals surface area (Å²) < 4.78 is 2.04. The van der Waals surface area contributed by atoms with E-state index in [-0.39, 0.29) is 17.9 Å². The summed E-state index contributed by atoms with van der Waals surface area (Å²) in [6.07, 6.45) is 10.2. The molecule has 3 aromatic rings. The largest absolute Gasteiger partial charge is 0.351 e. The maximum atomic E-state index is 13.1. The Labute approximate surface area is 222 Å². The second-order valence-corrected chi connectivity index (χ2v) is 9.66. The Kier molecular flexibility index (Phi) is 8.59. The highest BCUT2D eigenvalue weighted by Gasteiger charge is 2.27. The Morgan fingerprint density at radius 1 is 1.30 bits per heavy atom. The molecular formula is C28H31ClN6O2. The molecule has 8 nitrogen and oxygen atoms in total. The van der Waals surface area contributed by atoms with Crippen LogP contribution in [-0.4, -0.2) is 57.4 Å². The molecule has 0 unspecified atom stereocenters. The molecule has 9 heteroatoms. The van der Waals surface area contributed by atoms with Crippen molar-refractivity contribution in [3.63, 3.8) is 0 Å². The van der Waals surface area contributed by atoms with E-state index in [1.807, 2.05) is 29.7 Å². The van der Waals surface area contributed by atoms with Crippen LogP contribution < -0.4 is 10.6 Å². The fraction of sp³-hybridized carbons (Fsp3) is 0.357. The van der Waals surface area contributed by atoms with Crippen LogP contribution in [-0.2, 0) is 4.79 Å². The van der Waals surface area contributed by atoms with Gasteiger partial charge in [0.05, 0.1) is 16.1 Å². The fourth-order valence-electron chi connectivity index (χ4n) is 4.68. The van der Waals surface area contributed by atoms with Crippen LogP contribution in [0.5, 0.6) is 0 Å². The van der Waals surface area contributed by atoms with Crippen LogP contribution in [0, 0.1) is 19.3 Å². The van der Waals surface area contributed by atoms with Crippen LogP contribution >= 0.6 is 11.6 Å². The van der Waals surface area contributed by atoms with Gasteiger partial charge in [-0.2, -0.15) is 0 Å². The molecule has 1 atom stereocenters. The molecule has 37 heavy (non-hydrogen) atoms. The number of aromatic nitrogens is 3. The minimum Gasteiger partial charge on any atom is -0.351 e. The van der Waals surface area contributed by atoms with Crippen LogP contribution in [0.4, 0.5) is 5.95 Å². The molecule has 0 spiro atoms. The molecule has 1 aromatic carbocycles. The molecule has 2 N–H and O–H groups in total. The average molecular weight is 519 g/mol. The van der Waals surface area contributed by atoms with Gasteiger partial charge in [0.1, 0.15) is 0 Å². The monoisotopic (exact) mass is 518 g/mol. The van der Waals surface area contributed by atoms with Crippen molar-refractivity contribution in [1.82, 2.24) is 24.8 Å². The number of hydrogen-bond donors (Lipinski definition) is 2. The zero-order valence-corrected chi connectivity index (χ0v) is 21.7. The first-order valence-corrected chi connectivity index (χ1v) is 12.8. The first-order valence-electron chi connectivity index (χ1n) is 12.4. The van der Waals surface area contributed by atoms with Crippen molar-refractivity contribution in [3.05, 3.63) is 65.0 Å². The lowest BCUT2D eigenvalue weighted by Gasteiger charge is -2.27. The van der Waals surface area contributed by atoms with E-state index in [0.717, 1.165) is 37.0 Å². The Bertz CT molecular complexity index is 1360. The number of fused-ring (bicyclic) bond motifs is 1. The van der Waals surface area contributed by atoms with E-state index < -0.39 is 0 Å². The number of carbonyl (C=O) groups is 2. The number of pyridine rings is 1. The van der Waals surface area contributed by atoms with E-state index in [0.29, 0.717) is 53.7 Å². The molecule has 1 aliphatic rings. The van der Waals surface area contributed by atoms with E-state index in [2.05, 4.69) is 33.0 Å². The normalized spacial score (nSPS) is 16.1. The molecule has 0 saturated carbocycles. The number of terminal acetylenes is 1. The van der Waals surface area contributed by atoms with Crippen LogP contribution in [0.3, 0.4) is 0 Å². The molecule has 3 heterocycles. The maximum absolute atomic E-state index is 13.1. The van der Waals surface area contributed by atoms with E-state index in [1.54, 1.807) is 18.3 Å². The molecule has 2 amide bonds. The molecule has 1 fully saturated rings. The van der Waals surface area contributed by atoms with Gasteiger partial charge in [0.2, 0.25) is 11.9 Å². The van der Waals surface area contributed by atoms with E-state index >= 15 is 0 Å². The molecule has 2 aromatic heterocycles. The first kappa shape index (κ1) is 26.4. The summed E-state index contributed by atoms with van der Waals surface area (Å²) in [4.78, 5) is 36.7. The second kappa shape index (κ2) is 12.0. The Morgan fingerprint density at radius 2 is 2.14 bits per heavy atom.